The van der Waals surface area contributed by atoms with Crippen LogP contribution in [0.3, 0.4) is 0 Å². The Hall–Kier alpha value is -3.46. The molecule has 1 aliphatic heterocycles. The van der Waals surface area contributed by atoms with Crippen molar-refractivity contribution in [2.24, 2.45) is 0 Å². The summed E-state index contributed by atoms with van der Waals surface area (Å²) >= 11 is 5.76. The van der Waals surface area contributed by atoms with E-state index >= 15 is 0 Å². The lowest BCUT2D eigenvalue weighted by Crippen LogP contribution is -2.26. The standard InChI is InChI=1S/C22H16ClF3N6/c23-20-11-27-15(9-28-20)2-3-16-10-29-21-5-6-22(30-32(16)21)31-12-14(25)8-19(31)17-7-13(24)1-4-18(17)26/h1-7,9-11,14,19H,8,12H2/b3-2+/t14-,19+/m0/s1. The van der Waals surface area contributed by atoms with Gasteiger partial charge < -0.3 is 4.90 Å². The number of rotatable bonds is 4. The molecule has 0 spiro atoms. The topological polar surface area (TPSA) is 59.2 Å². The van der Waals surface area contributed by atoms with Crippen LogP contribution in [0.4, 0.5) is 19.0 Å². The third kappa shape index (κ3) is 3.91. The molecule has 2 atom stereocenters. The van der Waals surface area contributed by atoms with Crippen molar-refractivity contribution in [3.05, 3.63) is 82.7 Å². The lowest BCUT2D eigenvalue weighted by atomic mass is 10.0. The molecule has 10 heteroatoms. The van der Waals surface area contributed by atoms with Crippen LogP contribution < -0.4 is 4.90 Å². The van der Waals surface area contributed by atoms with Crippen LogP contribution in [0.15, 0.2) is 48.9 Å². The van der Waals surface area contributed by atoms with Crippen LogP contribution in [0.2, 0.25) is 5.15 Å². The number of imidazole rings is 1. The van der Waals surface area contributed by atoms with Gasteiger partial charge in [0.15, 0.2) is 5.65 Å². The zero-order valence-corrected chi connectivity index (χ0v) is 17.3. The molecule has 0 N–H and O–H groups in total. The molecule has 0 radical (unpaired) electrons. The summed E-state index contributed by atoms with van der Waals surface area (Å²) in [5, 5.41) is 4.89. The van der Waals surface area contributed by atoms with Crippen molar-refractivity contribution in [2.45, 2.75) is 18.6 Å². The van der Waals surface area contributed by atoms with Crippen molar-refractivity contribution >= 4 is 35.2 Å². The average Bonchev–Trinajstić information content (AvgIpc) is 3.38. The molecule has 3 aromatic heterocycles. The summed E-state index contributed by atoms with van der Waals surface area (Å²) in [5.74, 6) is -0.712. The summed E-state index contributed by atoms with van der Waals surface area (Å²) in [5.41, 5.74) is 1.95. The number of hydrogen-bond donors (Lipinski definition) is 0. The van der Waals surface area contributed by atoms with Crippen molar-refractivity contribution in [3.63, 3.8) is 0 Å². The van der Waals surface area contributed by atoms with Gasteiger partial charge in [0, 0.05) is 12.0 Å². The first-order chi connectivity index (χ1) is 15.5. The fraction of sp³-hybridized carbons (Fsp3) is 0.182. The van der Waals surface area contributed by atoms with Gasteiger partial charge in [-0.2, -0.15) is 0 Å². The Morgan fingerprint density at radius 2 is 1.88 bits per heavy atom. The largest absolute Gasteiger partial charge is 0.345 e. The molecule has 0 unspecified atom stereocenters. The third-order valence-corrected chi connectivity index (χ3v) is 5.50. The number of benzene rings is 1. The molecule has 1 aromatic carbocycles. The van der Waals surface area contributed by atoms with Gasteiger partial charge in [0.2, 0.25) is 0 Å². The zero-order valence-electron chi connectivity index (χ0n) is 16.5. The number of anilines is 1. The van der Waals surface area contributed by atoms with E-state index < -0.39 is 23.8 Å². The molecule has 1 saturated heterocycles. The smallest absolute Gasteiger partial charge is 0.154 e. The molecular weight excluding hydrogens is 441 g/mol. The van der Waals surface area contributed by atoms with Crippen molar-refractivity contribution in [3.8, 4) is 0 Å². The van der Waals surface area contributed by atoms with E-state index in [1.807, 2.05) is 0 Å². The lowest BCUT2D eigenvalue weighted by molar-refractivity contribution is 0.355. The van der Waals surface area contributed by atoms with Gasteiger partial charge in [0.05, 0.1) is 42.6 Å². The molecular formula is C22H16ClF3N6. The minimum Gasteiger partial charge on any atom is -0.345 e. The second kappa shape index (κ2) is 8.23. The molecule has 4 heterocycles. The number of nitrogens with zero attached hydrogens (tertiary/aromatic N) is 6. The van der Waals surface area contributed by atoms with E-state index in [-0.39, 0.29) is 18.5 Å². The molecule has 1 aliphatic rings. The van der Waals surface area contributed by atoms with Crippen LogP contribution in [0.25, 0.3) is 17.8 Å². The van der Waals surface area contributed by atoms with Crippen molar-refractivity contribution in [1.82, 2.24) is 24.6 Å². The monoisotopic (exact) mass is 456 g/mol. The summed E-state index contributed by atoms with van der Waals surface area (Å²) < 4.78 is 44.1. The van der Waals surface area contributed by atoms with Crippen LogP contribution in [0.1, 0.15) is 29.4 Å². The Balaban J connectivity index is 1.50. The van der Waals surface area contributed by atoms with Gasteiger partial charge in [-0.3, -0.25) is 4.98 Å². The maximum atomic E-state index is 14.4. The van der Waals surface area contributed by atoms with Gasteiger partial charge in [-0.15, -0.1) is 5.10 Å². The van der Waals surface area contributed by atoms with E-state index in [1.165, 1.54) is 12.4 Å². The van der Waals surface area contributed by atoms with Gasteiger partial charge in [-0.05, 0) is 42.5 Å². The number of alkyl halides is 1. The van der Waals surface area contributed by atoms with Crippen LogP contribution in [0.5, 0.6) is 0 Å². The van der Waals surface area contributed by atoms with Gasteiger partial charge >= 0.3 is 0 Å². The maximum absolute atomic E-state index is 14.4. The minimum atomic E-state index is -1.19. The second-order valence-corrected chi connectivity index (χ2v) is 7.80. The highest BCUT2D eigenvalue weighted by molar-refractivity contribution is 6.29. The molecule has 0 amide bonds. The SMILES string of the molecule is Fc1ccc(F)c([C@H]2C[C@H](F)CN2c2ccc3ncc(/C=C/c4cnc(Cl)cn4)n3n2)c1. The molecule has 4 aromatic rings. The van der Waals surface area contributed by atoms with Crippen LogP contribution >= 0.6 is 11.6 Å². The highest BCUT2D eigenvalue weighted by atomic mass is 35.5. The number of aromatic nitrogens is 5. The quantitative estimate of drug-likeness (QED) is 0.436. The summed E-state index contributed by atoms with van der Waals surface area (Å²) in [6, 6.07) is 5.99. The first-order valence-corrected chi connectivity index (χ1v) is 10.2. The Bertz CT molecular complexity index is 1310. The van der Waals surface area contributed by atoms with E-state index in [2.05, 4.69) is 20.1 Å². The Morgan fingerprint density at radius 3 is 2.69 bits per heavy atom. The highest BCUT2D eigenvalue weighted by Crippen LogP contribution is 2.38. The maximum Gasteiger partial charge on any atom is 0.154 e. The van der Waals surface area contributed by atoms with E-state index in [0.717, 1.165) is 18.2 Å². The molecule has 0 saturated carbocycles. The minimum absolute atomic E-state index is 0.0271. The Morgan fingerprint density at radius 1 is 1.00 bits per heavy atom. The summed E-state index contributed by atoms with van der Waals surface area (Å²) in [4.78, 5) is 14.1. The molecule has 1 fully saturated rings. The van der Waals surface area contributed by atoms with Crippen molar-refractivity contribution < 1.29 is 13.2 Å². The summed E-state index contributed by atoms with van der Waals surface area (Å²) in [7, 11) is 0. The number of hydrogen-bond acceptors (Lipinski definition) is 5. The highest BCUT2D eigenvalue weighted by Gasteiger charge is 2.36. The predicted molar refractivity (Wildman–Crippen MR) is 115 cm³/mol. The van der Waals surface area contributed by atoms with E-state index in [0.29, 0.717) is 28.0 Å². The number of halogens is 4. The summed E-state index contributed by atoms with van der Waals surface area (Å²) in [6.07, 6.45) is 6.97. The molecule has 5 rings (SSSR count). The van der Waals surface area contributed by atoms with Crippen LogP contribution in [-0.4, -0.2) is 37.3 Å². The Labute approximate surface area is 186 Å². The lowest BCUT2D eigenvalue weighted by Gasteiger charge is -2.26. The second-order valence-electron chi connectivity index (χ2n) is 7.41. The van der Waals surface area contributed by atoms with Crippen LogP contribution in [-0.2, 0) is 0 Å². The summed E-state index contributed by atoms with van der Waals surface area (Å²) in [6.45, 7) is 0.0271. The number of fused-ring (bicyclic) bond motifs is 1. The fourth-order valence-corrected chi connectivity index (χ4v) is 3.93. The molecule has 32 heavy (non-hydrogen) atoms. The van der Waals surface area contributed by atoms with E-state index in [4.69, 9.17) is 11.6 Å². The van der Waals surface area contributed by atoms with Gasteiger partial charge in [0.1, 0.15) is 28.8 Å². The van der Waals surface area contributed by atoms with Crippen molar-refractivity contribution in [2.75, 3.05) is 11.4 Å². The average molecular weight is 457 g/mol. The van der Waals surface area contributed by atoms with Crippen LogP contribution in [0, 0.1) is 11.6 Å². The Kier molecular flexibility index (Phi) is 5.26. The normalized spacial score (nSPS) is 18.8. The van der Waals surface area contributed by atoms with Gasteiger partial charge in [-0.1, -0.05) is 11.6 Å². The van der Waals surface area contributed by atoms with Crippen molar-refractivity contribution in [1.29, 1.82) is 0 Å². The van der Waals surface area contributed by atoms with E-state index in [1.54, 1.807) is 39.9 Å². The first kappa shape index (κ1) is 20.4. The zero-order chi connectivity index (χ0) is 22.2. The van der Waals surface area contributed by atoms with E-state index in [9.17, 15) is 13.2 Å². The predicted octanol–water partition coefficient (Wildman–Crippen LogP) is 4.91. The van der Waals surface area contributed by atoms with Gasteiger partial charge in [-0.25, -0.2) is 27.7 Å². The molecule has 6 nitrogen and oxygen atoms in total. The first-order valence-electron chi connectivity index (χ1n) is 9.84. The molecule has 162 valence electrons. The van der Waals surface area contributed by atoms with Gasteiger partial charge in [0.25, 0.3) is 0 Å². The molecule has 0 bridgehead atoms. The fourth-order valence-electron chi connectivity index (χ4n) is 3.83. The molecule has 0 aliphatic carbocycles. The third-order valence-electron chi connectivity index (χ3n) is 5.30.